The molecule has 1 aliphatic rings. The smallest absolute Gasteiger partial charge is 0.260 e. The zero-order chi connectivity index (χ0) is 13.5. The maximum absolute atomic E-state index is 12.4. The van der Waals surface area contributed by atoms with Gasteiger partial charge >= 0.3 is 0 Å². The molecule has 0 fully saturated rings. The van der Waals surface area contributed by atoms with Gasteiger partial charge in [0.05, 0.1) is 5.39 Å². The van der Waals surface area contributed by atoms with E-state index in [4.69, 9.17) is 0 Å². The summed E-state index contributed by atoms with van der Waals surface area (Å²) in [5.41, 5.74) is 1.10. The van der Waals surface area contributed by atoms with E-state index < -0.39 is 0 Å². The van der Waals surface area contributed by atoms with Crippen molar-refractivity contribution in [3.05, 3.63) is 39.3 Å². The van der Waals surface area contributed by atoms with Crippen molar-refractivity contribution in [2.45, 2.75) is 12.2 Å². The van der Waals surface area contributed by atoms with Crippen LogP contribution in [0.2, 0.25) is 0 Å². The Morgan fingerprint density at radius 2 is 2.10 bits per heavy atom. The number of aromatic nitrogens is 4. The summed E-state index contributed by atoms with van der Waals surface area (Å²) in [5, 5.41) is 0.755. The Hall–Kier alpha value is -1.73. The van der Waals surface area contributed by atoms with Crippen LogP contribution in [0.15, 0.2) is 23.3 Å². The largest absolute Gasteiger partial charge is 0.303 e. The standard InChI is InChI=1S/C13H10N4OS2/c18-12-9-7-2-5-19-6-8(7)20-13(9)17-11(16-12)10-14-3-1-4-15-10/h1,3-4H,2,5-6H2,(H,16,17,18). The third-order valence-electron chi connectivity index (χ3n) is 3.25. The van der Waals surface area contributed by atoms with Crippen LogP contribution in [0.3, 0.4) is 0 Å². The van der Waals surface area contributed by atoms with Crippen LogP contribution in [-0.2, 0) is 12.2 Å². The zero-order valence-electron chi connectivity index (χ0n) is 10.4. The minimum absolute atomic E-state index is 0.0816. The highest BCUT2D eigenvalue weighted by atomic mass is 32.2. The van der Waals surface area contributed by atoms with Crippen molar-refractivity contribution in [2.24, 2.45) is 0 Å². The second kappa shape index (κ2) is 4.68. The van der Waals surface area contributed by atoms with Crippen molar-refractivity contribution in [3.63, 3.8) is 0 Å². The lowest BCUT2D eigenvalue weighted by molar-refractivity contribution is 1.07. The fourth-order valence-electron chi connectivity index (χ4n) is 2.36. The molecule has 3 aromatic heterocycles. The fraction of sp³-hybridized carbons (Fsp3) is 0.231. The predicted molar refractivity (Wildman–Crippen MR) is 81.1 cm³/mol. The molecule has 0 radical (unpaired) electrons. The lowest BCUT2D eigenvalue weighted by Crippen LogP contribution is -2.12. The zero-order valence-corrected chi connectivity index (χ0v) is 12.1. The molecule has 1 aliphatic heterocycles. The molecule has 0 bridgehead atoms. The van der Waals surface area contributed by atoms with Crippen LogP contribution in [0.1, 0.15) is 10.4 Å². The first-order valence-electron chi connectivity index (χ1n) is 6.22. The molecule has 0 saturated heterocycles. The number of rotatable bonds is 1. The van der Waals surface area contributed by atoms with Gasteiger partial charge in [-0.3, -0.25) is 4.79 Å². The molecule has 0 saturated carbocycles. The molecule has 20 heavy (non-hydrogen) atoms. The molecule has 0 spiro atoms. The van der Waals surface area contributed by atoms with Crippen LogP contribution in [0.5, 0.6) is 0 Å². The van der Waals surface area contributed by atoms with Gasteiger partial charge in [-0.05, 0) is 23.8 Å². The number of hydrogen-bond donors (Lipinski definition) is 1. The molecule has 0 atom stereocenters. The Balaban J connectivity index is 1.97. The van der Waals surface area contributed by atoms with Gasteiger partial charge in [0.15, 0.2) is 11.6 Å². The van der Waals surface area contributed by atoms with E-state index in [0.29, 0.717) is 11.6 Å². The lowest BCUT2D eigenvalue weighted by Gasteiger charge is -2.09. The number of aromatic amines is 1. The fourth-order valence-corrected chi connectivity index (χ4v) is 4.71. The van der Waals surface area contributed by atoms with Gasteiger partial charge in [-0.2, -0.15) is 11.8 Å². The second-order valence-electron chi connectivity index (χ2n) is 4.47. The Morgan fingerprint density at radius 3 is 2.95 bits per heavy atom. The molecular formula is C13H10N4OS2. The molecule has 0 unspecified atom stereocenters. The minimum Gasteiger partial charge on any atom is -0.303 e. The molecule has 4 rings (SSSR count). The van der Waals surface area contributed by atoms with Crippen molar-refractivity contribution >= 4 is 33.3 Å². The second-order valence-corrected chi connectivity index (χ2v) is 6.66. The van der Waals surface area contributed by atoms with Crippen LogP contribution in [-0.4, -0.2) is 25.7 Å². The molecule has 3 aromatic rings. The number of hydrogen-bond acceptors (Lipinski definition) is 6. The highest BCUT2D eigenvalue weighted by Gasteiger charge is 2.20. The summed E-state index contributed by atoms with van der Waals surface area (Å²) in [7, 11) is 0. The molecule has 0 aliphatic carbocycles. The van der Waals surface area contributed by atoms with E-state index in [1.165, 1.54) is 10.4 Å². The van der Waals surface area contributed by atoms with Crippen LogP contribution in [0, 0.1) is 0 Å². The first-order valence-corrected chi connectivity index (χ1v) is 8.20. The van der Waals surface area contributed by atoms with E-state index in [0.717, 1.165) is 28.1 Å². The van der Waals surface area contributed by atoms with Crippen LogP contribution in [0.4, 0.5) is 0 Å². The Bertz CT molecular complexity index is 841. The number of fused-ring (bicyclic) bond motifs is 3. The molecule has 5 nitrogen and oxygen atoms in total. The average Bonchev–Trinajstić information content (AvgIpc) is 2.87. The van der Waals surface area contributed by atoms with Crippen molar-refractivity contribution in [2.75, 3.05) is 5.75 Å². The van der Waals surface area contributed by atoms with E-state index in [-0.39, 0.29) is 5.56 Å². The van der Waals surface area contributed by atoms with Crippen molar-refractivity contribution in [3.8, 4) is 11.6 Å². The maximum atomic E-state index is 12.4. The van der Waals surface area contributed by atoms with Gasteiger partial charge in [0.2, 0.25) is 0 Å². The molecule has 1 N–H and O–H groups in total. The summed E-state index contributed by atoms with van der Waals surface area (Å²) in [6.07, 6.45) is 4.23. The summed E-state index contributed by atoms with van der Waals surface area (Å²) < 4.78 is 0. The van der Waals surface area contributed by atoms with Gasteiger partial charge in [-0.1, -0.05) is 0 Å². The minimum atomic E-state index is -0.0816. The molecule has 4 heterocycles. The molecule has 7 heteroatoms. The monoisotopic (exact) mass is 302 g/mol. The first kappa shape index (κ1) is 12.0. The van der Waals surface area contributed by atoms with Gasteiger partial charge in [0.1, 0.15) is 4.83 Å². The van der Waals surface area contributed by atoms with E-state index in [9.17, 15) is 4.79 Å². The van der Waals surface area contributed by atoms with E-state index >= 15 is 0 Å². The van der Waals surface area contributed by atoms with Crippen LogP contribution in [0.25, 0.3) is 21.9 Å². The van der Waals surface area contributed by atoms with Gasteiger partial charge < -0.3 is 4.98 Å². The first-order chi connectivity index (χ1) is 9.83. The predicted octanol–water partition coefficient (Wildman–Crippen LogP) is 2.23. The maximum Gasteiger partial charge on any atom is 0.260 e. The number of H-pyrrole nitrogens is 1. The average molecular weight is 302 g/mol. The van der Waals surface area contributed by atoms with Crippen molar-refractivity contribution in [1.29, 1.82) is 0 Å². The number of thioether (sulfide) groups is 1. The molecule has 100 valence electrons. The summed E-state index contributed by atoms with van der Waals surface area (Å²) >= 11 is 3.52. The topological polar surface area (TPSA) is 71.5 Å². The number of nitrogens with zero attached hydrogens (tertiary/aromatic N) is 3. The molecular weight excluding hydrogens is 292 g/mol. The van der Waals surface area contributed by atoms with E-state index in [2.05, 4.69) is 19.9 Å². The highest BCUT2D eigenvalue weighted by molar-refractivity contribution is 7.98. The van der Waals surface area contributed by atoms with Gasteiger partial charge in [0, 0.05) is 23.0 Å². The number of thiophene rings is 1. The van der Waals surface area contributed by atoms with E-state index in [1.54, 1.807) is 29.8 Å². The summed E-state index contributed by atoms with van der Waals surface area (Å²) in [6, 6.07) is 1.74. The highest BCUT2D eigenvalue weighted by Crippen LogP contribution is 2.35. The SMILES string of the molecule is O=c1[nH]c(-c2ncccn2)nc2sc3c(c12)CCSC3. The van der Waals surface area contributed by atoms with Gasteiger partial charge in [0.25, 0.3) is 5.56 Å². The lowest BCUT2D eigenvalue weighted by atomic mass is 10.1. The molecule has 0 aromatic carbocycles. The normalized spacial score (nSPS) is 14.4. The number of aryl methyl sites for hydroxylation is 1. The number of nitrogens with one attached hydrogen (secondary N) is 1. The Kier molecular flexibility index (Phi) is 2.82. The quantitative estimate of drug-likeness (QED) is 0.746. The van der Waals surface area contributed by atoms with Crippen LogP contribution >= 0.6 is 23.1 Å². The van der Waals surface area contributed by atoms with E-state index in [1.807, 2.05) is 11.8 Å². The Morgan fingerprint density at radius 1 is 1.25 bits per heavy atom. The summed E-state index contributed by atoms with van der Waals surface area (Å²) in [5.74, 6) is 2.94. The Labute approximate surface area is 122 Å². The third kappa shape index (κ3) is 1.85. The summed E-state index contributed by atoms with van der Waals surface area (Å²) in [6.45, 7) is 0. The summed E-state index contributed by atoms with van der Waals surface area (Å²) in [4.78, 5) is 30.1. The van der Waals surface area contributed by atoms with Gasteiger partial charge in [-0.25, -0.2) is 15.0 Å². The molecule has 0 amide bonds. The van der Waals surface area contributed by atoms with Crippen LogP contribution < -0.4 is 5.56 Å². The van der Waals surface area contributed by atoms with Crippen molar-refractivity contribution in [1.82, 2.24) is 19.9 Å². The van der Waals surface area contributed by atoms with Crippen molar-refractivity contribution < 1.29 is 0 Å². The van der Waals surface area contributed by atoms with Gasteiger partial charge in [-0.15, -0.1) is 11.3 Å². The third-order valence-corrected chi connectivity index (χ3v) is 5.55.